The number of aliphatic imine (C=N–C) groups is 1. The lowest BCUT2D eigenvalue weighted by Crippen LogP contribution is -2.38. The summed E-state index contributed by atoms with van der Waals surface area (Å²) < 4.78 is 42.3. The van der Waals surface area contributed by atoms with Gasteiger partial charge in [0.25, 0.3) is 0 Å². The second-order valence-electron chi connectivity index (χ2n) is 5.81. The van der Waals surface area contributed by atoms with Crippen LogP contribution < -0.4 is 16.0 Å². The van der Waals surface area contributed by atoms with Crippen LogP contribution in [0.15, 0.2) is 34.6 Å². The highest BCUT2D eigenvalue weighted by atomic mass is 32.1. The van der Waals surface area contributed by atoms with E-state index in [-0.39, 0.29) is 0 Å². The predicted octanol–water partition coefficient (Wildman–Crippen LogP) is 3.64. The highest BCUT2D eigenvalue weighted by Gasteiger charge is 2.33. The van der Waals surface area contributed by atoms with Crippen molar-refractivity contribution in [1.29, 1.82) is 0 Å². The molecule has 0 saturated heterocycles. The van der Waals surface area contributed by atoms with E-state index in [0.29, 0.717) is 42.7 Å². The Labute approximate surface area is 170 Å². The molecule has 0 bridgehead atoms. The second kappa shape index (κ2) is 10.6. The Morgan fingerprint density at radius 1 is 1.24 bits per heavy atom. The fourth-order valence-electron chi connectivity index (χ4n) is 2.22. The van der Waals surface area contributed by atoms with Crippen LogP contribution in [0.25, 0.3) is 0 Å². The number of guanidine groups is 1. The number of thiazole rings is 1. The minimum atomic E-state index is -4.42. The van der Waals surface area contributed by atoms with Gasteiger partial charge in [0.2, 0.25) is 0 Å². The lowest BCUT2D eigenvalue weighted by molar-refractivity contribution is -0.140. The van der Waals surface area contributed by atoms with E-state index in [1.165, 1.54) is 7.11 Å². The van der Waals surface area contributed by atoms with Crippen molar-refractivity contribution in [2.24, 2.45) is 4.99 Å². The first kappa shape index (κ1) is 22.5. The van der Waals surface area contributed by atoms with Gasteiger partial charge in [-0.3, -0.25) is 5.32 Å². The van der Waals surface area contributed by atoms with Crippen LogP contribution in [0.3, 0.4) is 0 Å². The third-order valence-corrected chi connectivity index (χ3v) is 4.53. The number of nitrogens with zero attached hydrogens (tertiary/aromatic N) is 2. The fraction of sp³-hybridized carbons (Fsp3) is 0.389. The molecule has 3 N–H and O–H groups in total. The Morgan fingerprint density at radius 2 is 1.97 bits per heavy atom. The monoisotopic (exact) mass is 429 g/mol. The number of halogens is 3. The van der Waals surface area contributed by atoms with Gasteiger partial charge in [-0.05, 0) is 24.6 Å². The molecule has 0 aliphatic heterocycles. The number of carbonyl (C=O) groups is 1. The van der Waals surface area contributed by atoms with Crippen molar-refractivity contribution >= 4 is 29.1 Å². The van der Waals surface area contributed by atoms with E-state index in [1.54, 1.807) is 12.1 Å². The zero-order valence-electron chi connectivity index (χ0n) is 16.0. The number of rotatable bonds is 7. The summed E-state index contributed by atoms with van der Waals surface area (Å²) in [5, 5.41) is 10.2. The molecule has 0 aliphatic rings. The second-order valence-corrected chi connectivity index (χ2v) is 6.75. The van der Waals surface area contributed by atoms with Crippen molar-refractivity contribution in [3.05, 3.63) is 45.9 Å². The number of alkyl halides is 3. The quantitative estimate of drug-likeness (QED) is 0.462. The van der Waals surface area contributed by atoms with Gasteiger partial charge < -0.3 is 15.4 Å². The van der Waals surface area contributed by atoms with E-state index < -0.39 is 18.0 Å². The van der Waals surface area contributed by atoms with Gasteiger partial charge in [0.1, 0.15) is 0 Å². The lowest BCUT2D eigenvalue weighted by atomic mass is 10.2. The van der Waals surface area contributed by atoms with Crippen molar-refractivity contribution in [1.82, 2.24) is 15.6 Å². The van der Waals surface area contributed by atoms with Crippen LogP contribution in [0, 0.1) is 0 Å². The Hall–Kier alpha value is -2.82. The van der Waals surface area contributed by atoms with Gasteiger partial charge in [0.15, 0.2) is 11.7 Å². The van der Waals surface area contributed by atoms with Crippen LogP contribution in [0.4, 0.5) is 23.7 Å². The number of carbonyl (C=O) groups excluding carboxylic acids is 1. The van der Waals surface area contributed by atoms with Crippen LogP contribution in [0.1, 0.15) is 23.2 Å². The molecular formula is C18H22F3N5O2S. The molecule has 1 aromatic heterocycles. The molecule has 11 heteroatoms. The Balaban J connectivity index is 1.87. The molecule has 0 atom stereocenters. The number of hydrogen-bond acceptors (Lipinski definition) is 5. The van der Waals surface area contributed by atoms with Crippen molar-refractivity contribution in [3.8, 4) is 0 Å². The molecule has 0 saturated carbocycles. The first-order chi connectivity index (χ1) is 13.8. The maximum atomic E-state index is 12.6. The first-order valence-electron chi connectivity index (χ1n) is 8.79. The van der Waals surface area contributed by atoms with Crippen LogP contribution in [0.2, 0.25) is 0 Å². The van der Waals surface area contributed by atoms with Gasteiger partial charge >= 0.3 is 12.3 Å². The fourth-order valence-corrected chi connectivity index (χ4v) is 3.02. The molecule has 1 amide bonds. The van der Waals surface area contributed by atoms with Gasteiger partial charge in [0, 0.05) is 30.6 Å². The van der Waals surface area contributed by atoms with E-state index in [0.717, 1.165) is 22.3 Å². The van der Waals surface area contributed by atoms with E-state index in [9.17, 15) is 18.0 Å². The maximum absolute atomic E-state index is 12.6. The average Bonchev–Trinajstić information content (AvgIpc) is 3.16. The van der Waals surface area contributed by atoms with Crippen molar-refractivity contribution < 1.29 is 22.7 Å². The van der Waals surface area contributed by atoms with Crippen LogP contribution in [-0.2, 0) is 23.9 Å². The van der Waals surface area contributed by atoms with Gasteiger partial charge in [-0.2, -0.15) is 13.2 Å². The number of aromatic nitrogens is 1. The normalized spacial score (nSPS) is 11.8. The summed E-state index contributed by atoms with van der Waals surface area (Å²) in [7, 11) is 1.29. The topological polar surface area (TPSA) is 87.6 Å². The molecule has 29 heavy (non-hydrogen) atoms. The first-order valence-corrected chi connectivity index (χ1v) is 9.67. The molecule has 2 rings (SSSR count). The Morgan fingerprint density at radius 3 is 2.55 bits per heavy atom. The van der Waals surface area contributed by atoms with E-state index in [1.807, 2.05) is 19.1 Å². The highest BCUT2D eigenvalue weighted by Crippen LogP contribution is 2.29. The average molecular weight is 429 g/mol. The number of benzene rings is 1. The minimum Gasteiger partial charge on any atom is -0.453 e. The van der Waals surface area contributed by atoms with Gasteiger partial charge in [0.05, 0.1) is 18.7 Å². The smallest absolute Gasteiger partial charge is 0.434 e. The number of nitrogens with one attached hydrogen (secondary N) is 3. The van der Waals surface area contributed by atoms with Crippen LogP contribution in [0.5, 0.6) is 0 Å². The molecule has 0 radical (unpaired) electrons. The summed E-state index contributed by atoms with van der Waals surface area (Å²) in [6.45, 7) is 3.35. The summed E-state index contributed by atoms with van der Waals surface area (Å²) >= 11 is 0.988. The Bertz CT molecular complexity index is 822. The van der Waals surface area contributed by atoms with E-state index in [4.69, 9.17) is 0 Å². The molecule has 1 aromatic carbocycles. The molecule has 0 unspecified atom stereocenters. The van der Waals surface area contributed by atoms with Crippen molar-refractivity contribution in [3.63, 3.8) is 0 Å². The predicted molar refractivity (Wildman–Crippen MR) is 106 cm³/mol. The molecule has 1 heterocycles. The number of methoxy groups -OCH3 is 1. The summed E-state index contributed by atoms with van der Waals surface area (Å²) in [5.74, 6) is 0.553. The zero-order chi connectivity index (χ0) is 21.3. The van der Waals surface area contributed by atoms with Crippen LogP contribution in [-0.4, -0.2) is 37.2 Å². The summed E-state index contributed by atoms with van der Waals surface area (Å²) in [6.07, 6.45) is -4.60. The molecule has 0 fully saturated rings. The minimum absolute atomic E-state index is 0.360. The van der Waals surface area contributed by atoms with E-state index >= 15 is 0 Å². The summed E-state index contributed by atoms with van der Waals surface area (Å²) in [5.41, 5.74) is 0.673. The molecule has 0 spiro atoms. The third kappa shape index (κ3) is 7.60. The largest absolute Gasteiger partial charge is 0.453 e. The zero-order valence-corrected chi connectivity index (χ0v) is 16.8. The van der Waals surface area contributed by atoms with Crippen LogP contribution >= 0.6 is 11.3 Å². The highest BCUT2D eigenvalue weighted by molar-refractivity contribution is 7.09. The van der Waals surface area contributed by atoms with Gasteiger partial charge in [-0.15, -0.1) is 11.3 Å². The standard InChI is InChI=1S/C18H22F3N5O2S/c1-3-22-16(23-9-8-15-26-14(11-29-15)18(19,20)21)24-10-12-4-6-13(7-5-12)25-17(27)28-2/h4-7,11H,3,8-10H2,1-2H3,(H,25,27)(H2,22,23,24). The van der Waals surface area contributed by atoms with Crippen molar-refractivity contribution in [2.75, 3.05) is 25.5 Å². The number of hydrogen-bond donors (Lipinski definition) is 3. The summed E-state index contributed by atoms with van der Waals surface area (Å²) in [4.78, 5) is 19.2. The third-order valence-electron chi connectivity index (χ3n) is 3.62. The SMILES string of the molecule is CCNC(=NCc1ccc(NC(=O)OC)cc1)NCCc1nc(C(F)(F)F)cs1. The van der Waals surface area contributed by atoms with Crippen molar-refractivity contribution in [2.45, 2.75) is 26.1 Å². The van der Waals surface area contributed by atoms with E-state index in [2.05, 4.69) is 30.7 Å². The van der Waals surface area contributed by atoms with Gasteiger partial charge in [-0.25, -0.2) is 14.8 Å². The number of anilines is 1. The molecule has 158 valence electrons. The number of amides is 1. The molecule has 0 aliphatic carbocycles. The molecular weight excluding hydrogens is 407 g/mol. The van der Waals surface area contributed by atoms with Gasteiger partial charge in [-0.1, -0.05) is 12.1 Å². The number of ether oxygens (including phenoxy) is 1. The summed E-state index contributed by atoms with van der Waals surface area (Å²) in [6, 6.07) is 7.13. The lowest BCUT2D eigenvalue weighted by Gasteiger charge is -2.11. The Kier molecular flexibility index (Phi) is 8.25. The maximum Gasteiger partial charge on any atom is 0.434 e. The molecule has 7 nitrogen and oxygen atoms in total. The molecule has 2 aromatic rings.